The van der Waals surface area contributed by atoms with Crippen LogP contribution < -0.4 is 5.32 Å². The van der Waals surface area contributed by atoms with Crippen molar-refractivity contribution in [2.45, 2.75) is 38.2 Å². The Kier molecular flexibility index (Phi) is 3.42. The summed E-state index contributed by atoms with van der Waals surface area (Å²) in [5, 5.41) is 12.5. The highest BCUT2D eigenvalue weighted by molar-refractivity contribution is 5.89. The third-order valence-corrected chi connectivity index (χ3v) is 4.03. The summed E-state index contributed by atoms with van der Waals surface area (Å²) in [6.45, 7) is 1.17. The van der Waals surface area contributed by atoms with Crippen LogP contribution in [0.5, 0.6) is 0 Å². The largest absolute Gasteiger partial charge is 0.391 e. The predicted octanol–water partition coefficient (Wildman–Crippen LogP) is 2.16. The lowest BCUT2D eigenvalue weighted by atomic mass is 10.1. The van der Waals surface area contributed by atoms with E-state index in [-0.39, 0.29) is 12.1 Å². The maximum Gasteiger partial charge on any atom is 0.321 e. The Labute approximate surface area is 113 Å². The summed E-state index contributed by atoms with van der Waals surface area (Å²) < 4.78 is 0. The summed E-state index contributed by atoms with van der Waals surface area (Å²) in [7, 11) is 0. The average molecular weight is 260 g/mol. The molecule has 1 saturated heterocycles. The number of carbonyl (C=O) groups excluding carboxylic acids is 1. The molecule has 2 N–H and O–H groups in total. The molecule has 2 amide bonds. The van der Waals surface area contributed by atoms with E-state index in [9.17, 15) is 9.90 Å². The molecular weight excluding hydrogens is 240 g/mol. The van der Waals surface area contributed by atoms with Crippen molar-refractivity contribution in [1.29, 1.82) is 0 Å². The minimum atomic E-state index is -0.375. The Balaban J connectivity index is 1.66. The summed E-state index contributed by atoms with van der Waals surface area (Å²) in [6, 6.07) is 6.07. The number of nitrogens with one attached hydrogen (secondary N) is 1. The van der Waals surface area contributed by atoms with Crippen LogP contribution >= 0.6 is 0 Å². The van der Waals surface area contributed by atoms with Crippen molar-refractivity contribution in [2.75, 3.05) is 18.4 Å². The van der Waals surface area contributed by atoms with Gasteiger partial charge in [-0.05, 0) is 55.4 Å². The van der Waals surface area contributed by atoms with Crippen molar-refractivity contribution in [2.24, 2.45) is 0 Å². The summed E-state index contributed by atoms with van der Waals surface area (Å²) in [6.07, 6.45) is 4.77. The Morgan fingerprint density at radius 2 is 2.11 bits per heavy atom. The smallest absolute Gasteiger partial charge is 0.321 e. The van der Waals surface area contributed by atoms with Gasteiger partial charge in [0.25, 0.3) is 0 Å². The standard InChI is InChI=1S/C15H20N2O2/c18-14-5-2-8-17(10-14)15(19)16-13-7-6-11-3-1-4-12(11)9-13/h6-7,9,14,18H,1-5,8,10H2,(H,16,19)/t14-/m0/s1. The molecule has 0 unspecified atom stereocenters. The van der Waals surface area contributed by atoms with Crippen LogP contribution in [0.15, 0.2) is 18.2 Å². The first-order valence-electron chi connectivity index (χ1n) is 7.08. The van der Waals surface area contributed by atoms with Gasteiger partial charge < -0.3 is 15.3 Å². The van der Waals surface area contributed by atoms with Gasteiger partial charge in [-0.25, -0.2) is 4.79 Å². The van der Waals surface area contributed by atoms with Crippen molar-refractivity contribution >= 4 is 11.7 Å². The molecule has 1 heterocycles. The van der Waals surface area contributed by atoms with Crippen LogP contribution in [0.3, 0.4) is 0 Å². The zero-order valence-corrected chi connectivity index (χ0v) is 11.1. The van der Waals surface area contributed by atoms with Crippen molar-refractivity contribution in [3.63, 3.8) is 0 Å². The molecule has 1 aromatic rings. The summed E-state index contributed by atoms with van der Waals surface area (Å²) in [4.78, 5) is 13.8. The number of aliphatic hydroxyl groups is 1. The molecule has 2 aliphatic rings. The molecule has 0 aromatic heterocycles. The molecule has 19 heavy (non-hydrogen) atoms. The van der Waals surface area contributed by atoms with Gasteiger partial charge in [-0.15, -0.1) is 0 Å². The van der Waals surface area contributed by atoms with Crippen molar-refractivity contribution in [3.05, 3.63) is 29.3 Å². The number of likely N-dealkylation sites (tertiary alicyclic amines) is 1. The quantitative estimate of drug-likeness (QED) is 0.813. The molecule has 1 fully saturated rings. The van der Waals surface area contributed by atoms with E-state index in [1.165, 1.54) is 17.5 Å². The number of piperidine rings is 1. The number of benzene rings is 1. The minimum Gasteiger partial charge on any atom is -0.391 e. The van der Waals surface area contributed by atoms with Crippen LogP contribution in [0.1, 0.15) is 30.4 Å². The molecular formula is C15H20N2O2. The van der Waals surface area contributed by atoms with Gasteiger partial charge >= 0.3 is 6.03 Å². The van der Waals surface area contributed by atoms with E-state index in [1.54, 1.807) is 4.90 Å². The number of amides is 2. The number of nitrogens with zero attached hydrogens (tertiary/aromatic N) is 1. The van der Waals surface area contributed by atoms with Crippen LogP contribution in [0, 0.1) is 0 Å². The SMILES string of the molecule is O=C(Nc1ccc2c(c1)CCC2)N1CCC[C@H](O)C1. The average Bonchev–Trinajstić information content (AvgIpc) is 2.86. The minimum absolute atomic E-state index is 0.100. The van der Waals surface area contributed by atoms with Crippen LogP contribution in [0.2, 0.25) is 0 Å². The van der Waals surface area contributed by atoms with Crippen molar-refractivity contribution in [3.8, 4) is 0 Å². The first kappa shape index (κ1) is 12.5. The molecule has 3 rings (SSSR count). The van der Waals surface area contributed by atoms with Gasteiger partial charge in [-0.3, -0.25) is 0 Å². The van der Waals surface area contributed by atoms with Crippen LogP contribution in [-0.2, 0) is 12.8 Å². The molecule has 4 heteroatoms. The Morgan fingerprint density at radius 1 is 1.26 bits per heavy atom. The number of hydrogen-bond donors (Lipinski definition) is 2. The fourth-order valence-corrected chi connectivity index (χ4v) is 2.99. The third kappa shape index (κ3) is 2.73. The van der Waals surface area contributed by atoms with E-state index in [2.05, 4.69) is 17.4 Å². The third-order valence-electron chi connectivity index (χ3n) is 4.03. The monoisotopic (exact) mass is 260 g/mol. The number of rotatable bonds is 1. The van der Waals surface area contributed by atoms with Crippen LogP contribution in [0.4, 0.5) is 10.5 Å². The normalized spacial score (nSPS) is 22.2. The molecule has 0 saturated carbocycles. The number of β-amino-alcohol motifs (C(OH)–C–C–N with tert-alkyl or cyclic N) is 1. The second kappa shape index (κ2) is 5.21. The van der Waals surface area contributed by atoms with E-state index < -0.39 is 0 Å². The van der Waals surface area contributed by atoms with Gasteiger partial charge in [0.1, 0.15) is 0 Å². The molecule has 4 nitrogen and oxygen atoms in total. The number of hydrogen-bond acceptors (Lipinski definition) is 2. The maximum atomic E-state index is 12.1. The fraction of sp³-hybridized carbons (Fsp3) is 0.533. The van der Waals surface area contributed by atoms with E-state index >= 15 is 0 Å². The lowest BCUT2D eigenvalue weighted by Crippen LogP contribution is -2.44. The number of anilines is 1. The molecule has 102 valence electrons. The number of urea groups is 1. The first-order chi connectivity index (χ1) is 9.22. The Bertz CT molecular complexity index is 487. The molecule has 0 radical (unpaired) electrons. The van der Waals surface area contributed by atoms with Crippen molar-refractivity contribution < 1.29 is 9.90 Å². The van der Waals surface area contributed by atoms with Gasteiger partial charge in [-0.1, -0.05) is 6.07 Å². The van der Waals surface area contributed by atoms with Crippen LogP contribution in [-0.4, -0.2) is 35.2 Å². The highest BCUT2D eigenvalue weighted by atomic mass is 16.3. The van der Waals surface area contributed by atoms with Crippen LogP contribution in [0.25, 0.3) is 0 Å². The topological polar surface area (TPSA) is 52.6 Å². The molecule has 0 bridgehead atoms. The Morgan fingerprint density at radius 3 is 2.95 bits per heavy atom. The first-order valence-corrected chi connectivity index (χ1v) is 7.08. The fourth-order valence-electron chi connectivity index (χ4n) is 2.99. The predicted molar refractivity (Wildman–Crippen MR) is 74.3 cm³/mol. The number of aliphatic hydroxyl groups excluding tert-OH is 1. The zero-order chi connectivity index (χ0) is 13.2. The summed E-state index contributed by atoms with van der Waals surface area (Å²) in [5.74, 6) is 0. The summed E-state index contributed by atoms with van der Waals surface area (Å²) >= 11 is 0. The second-order valence-electron chi connectivity index (χ2n) is 5.51. The molecule has 0 spiro atoms. The van der Waals surface area contributed by atoms with Gasteiger partial charge in [0.15, 0.2) is 0 Å². The molecule has 1 aromatic carbocycles. The van der Waals surface area contributed by atoms with E-state index in [0.717, 1.165) is 37.9 Å². The van der Waals surface area contributed by atoms with E-state index in [0.29, 0.717) is 6.54 Å². The lowest BCUT2D eigenvalue weighted by Gasteiger charge is -2.30. The van der Waals surface area contributed by atoms with E-state index in [1.807, 2.05) is 6.07 Å². The summed E-state index contributed by atoms with van der Waals surface area (Å²) in [5.41, 5.74) is 3.63. The molecule has 1 atom stereocenters. The molecule has 1 aliphatic heterocycles. The number of aryl methyl sites for hydroxylation is 2. The number of carbonyl (C=O) groups is 1. The van der Waals surface area contributed by atoms with E-state index in [4.69, 9.17) is 0 Å². The van der Waals surface area contributed by atoms with Gasteiger partial charge in [0.2, 0.25) is 0 Å². The lowest BCUT2D eigenvalue weighted by molar-refractivity contribution is 0.0883. The van der Waals surface area contributed by atoms with Crippen molar-refractivity contribution in [1.82, 2.24) is 4.90 Å². The Hall–Kier alpha value is -1.55. The van der Waals surface area contributed by atoms with Gasteiger partial charge in [-0.2, -0.15) is 0 Å². The second-order valence-corrected chi connectivity index (χ2v) is 5.51. The van der Waals surface area contributed by atoms with Gasteiger partial charge in [0.05, 0.1) is 6.10 Å². The zero-order valence-electron chi connectivity index (χ0n) is 11.1. The number of fused-ring (bicyclic) bond motifs is 1. The highest BCUT2D eigenvalue weighted by Crippen LogP contribution is 2.25. The maximum absolute atomic E-state index is 12.1. The van der Waals surface area contributed by atoms with Gasteiger partial charge in [0, 0.05) is 18.8 Å². The highest BCUT2D eigenvalue weighted by Gasteiger charge is 2.22. The molecule has 1 aliphatic carbocycles.